The fraction of sp³-hybridized carbons (Fsp3) is 0.511. The number of nitrogens with zero attached hydrogens (tertiary/aromatic N) is 2. The van der Waals surface area contributed by atoms with Crippen molar-refractivity contribution in [3.63, 3.8) is 0 Å². The number of β-lactam (4-membered cyclic amide) rings is 2. The molecule has 0 saturated carbocycles. The predicted octanol–water partition coefficient (Wildman–Crippen LogP) is 7.07. The van der Waals surface area contributed by atoms with E-state index in [2.05, 4.69) is 57.4 Å². The van der Waals surface area contributed by atoms with Crippen LogP contribution < -0.4 is 26.8 Å². The van der Waals surface area contributed by atoms with Gasteiger partial charge in [-0.3, -0.25) is 24.0 Å². The van der Waals surface area contributed by atoms with Crippen molar-refractivity contribution in [1.29, 1.82) is 0 Å². The van der Waals surface area contributed by atoms with Crippen LogP contribution in [-0.4, -0.2) is 84.1 Å². The van der Waals surface area contributed by atoms with Gasteiger partial charge in [0.2, 0.25) is 23.6 Å². The van der Waals surface area contributed by atoms with E-state index in [0.29, 0.717) is 22.4 Å². The third kappa shape index (κ3) is 11.0. The Balaban J connectivity index is 0.000000241. The molecule has 330 valence electrons. The molecule has 0 spiro atoms. The summed E-state index contributed by atoms with van der Waals surface area (Å²) >= 11 is 3.41. The van der Waals surface area contributed by atoms with E-state index in [1.165, 1.54) is 38.5 Å². The normalized spacial score (nSPS) is 25.6. The third-order valence-electron chi connectivity index (χ3n) is 11.6. The maximum atomic E-state index is 12.8. The van der Waals surface area contributed by atoms with Gasteiger partial charge in [0.05, 0.1) is 18.3 Å². The van der Waals surface area contributed by atoms with E-state index >= 15 is 0 Å². The molecule has 6 rings (SSSR count). The maximum Gasteiger partial charge on any atom is 0.249 e. The van der Waals surface area contributed by atoms with Crippen molar-refractivity contribution in [2.45, 2.75) is 150 Å². The van der Waals surface area contributed by atoms with Crippen LogP contribution in [0.3, 0.4) is 0 Å². The van der Waals surface area contributed by atoms with Crippen molar-refractivity contribution in [2.24, 2.45) is 11.5 Å². The molecule has 2 aromatic rings. The van der Waals surface area contributed by atoms with Crippen molar-refractivity contribution in [1.82, 2.24) is 20.4 Å². The Kier molecular flexibility index (Phi) is 16.5. The van der Waals surface area contributed by atoms with E-state index < -0.39 is 30.1 Å². The molecule has 2 aromatic carbocycles. The van der Waals surface area contributed by atoms with Crippen LogP contribution in [0.15, 0.2) is 85.2 Å². The van der Waals surface area contributed by atoms with Crippen LogP contribution in [0.25, 0.3) is 0 Å². The number of nitrogens with two attached hydrogens (primary N) is 2. The number of fused-ring (bicyclic) bond motifs is 2. The summed E-state index contributed by atoms with van der Waals surface area (Å²) in [6.07, 6.45) is 21.2. The average Bonchev–Trinajstić information content (AvgIpc) is 3.63. The minimum absolute atomic E-state index is 0.0210. The molecule has 4 aliphatic rings. The van der Waals surface area contributed by atoms with Crippen LogP contribution in [0.2, 0.25) is 0 Å². The van der Waals surface area contributed by atoms with Crippen molar-refractivity contribution >= 4 is 53.4 Å². The van der Waals surface area contributed by atoms with Gasteiger partial charge in [-0.05, 0) is 83.7 Å². The molecule has 0 radical (unpaired) electrons. The average molecular weight is 873 g/mol. The highest BCUT2D eigenvalue weighted by Gasteiger charge is 2.62. The number of ether oxygens (including phenoxy) is 1. The van der Waals surface area contributed by atoms with Crippen LogP contribution in [0.5, 0.6) is 5.75 Å². The molecule has 12 nitrogen and oxygen atoms in total. The van der Waals surface area contributed by atoms with Gasteiger partial charge >= 0.3 is 0 Å². The number of nitrogens with one attached hydrogen (secondary N) is 2. The van der Waals surface area contributed by atoms with Crippen LogP contribution in [-0.2, 0) is 19.2 Å². The number of hydrogen-bond acceptors (Lipinski definition) is 10. The Morgan fingerprint density at radius 2 is 1.18 bits per heavy atom. The Hall–Kier alpha value is -4.37. The SMILES string of the molecule is CC=CC1N2C(=O)C(NC(=O)C(N)c3ccc(C=O)cc3)C2SC1(C)C.CC=CC1N2C(=O)C(NC(=O)C(N)c3ccc(O/C=C/CCCCCCCC)cc3)C2SC1(C)C. The molecule has 0 aliphatic carbocycles. The third-order valence-corrected chi connectivity index (χ3v) is 14.8. The number of benzene rings is 2. The first-order valence-electron chi connectivity index (χ1n) is 21.4. The second-order valence-corrected chi connectivity index (χ2v) is 20.5. The van der Waals surface area contributed by atoms with E-state index in [9.17, 15) is 24.0 Å². The van der Waals surface area contributed by atoms with Crippen molar-refractivity contribution in [3.8, 4) is 5.75 Å². The quantitative estimate of drug-likeness (QED) is 0.0398. The molecule has 0 bridgehead atoms. The first kappa shape index (κ1) is 47.7. The zero-order chi connectivity index (χ0) is 44.5. The Morgan fingerprint density at radius 3 is 1.62 bits per heavy atom. The number of carbonyl (C=O) groups is 5. The van der Waals surface area contributed by atoms with Crippen LogP contribution >= 0.6 is 23.5 Å². The second kappa shape index (κ2) is 21.1. The van der Waals surface area contributed by atoms with E-state index in [1.54, 1.807) is 66.2 Å². The summed E-state index contributed by atoms with van der Waals surface area (Å²) in [5.41, 5.74) is 14.0. The lowest BCUT2D eigenvalue weighted by molar-refractivity contribution is -0.150. The number of allylic oxidation sites excluding steroid dienone is 3. The van der Waals surface area contributed by atoms with Crippen LogP contribution in [0.4, 0.5) is 0 Å². The summed E-state index contributed by atoms with van der Waals surface area (Å²) in [6, 6.07) is 11.0. The topological polar surface area (TPSA) is 177 Å². The number of amides is 4. The smallest absolute Gasteiger partial charge is 0.249 e. The fourth-order valence-electron chi connectivity index (χ4n) is 8.09. The monoisotopic (exact) mass is 872 g/mol. The lowest BCUT2D eigenvalue weighted by Crippen LogP contribution is -2.69. The van der Waals surface area contributed by atoms with Gasteiger partial charge < -0.3 is 36.6 Å². The molecule has 8 atom stereocenters. The maximum absolute atomic E-state index is 12.8. The van der Waals surface area contributed by atoms with Crippen molar-refractivity contribution in [3.05, 3.63) is 102 Å². The minimum atomic E-state index is -0.886. The summed E-state index contributed by atoms with van der Waals surface area (Å²) in [7, 11) is 0. The van der Waals surface area contributed by atoms with Gasteiger partial charge in [0, 0.05) is 15.1 Å². The molecule has 4 saturated heterocycles. The summed E-state index contributed by atoms with van der Waals surface area (Å²) in [4.78, 5) is 65.1. The molecule has 4 heterocycles. The van der Waals surface area contributed by atoms with Gasteiger partial charge in [-0.15, -0.1) is 23.5 Å². The molecule has 6 N–H and O–H groups in total. The Bertz CT molecular complexity index is 1950. The number of hydrogen-bond donors (Lipinski definition) is 4. The molecule has 4 aliphatic heterocycles. The predicted molar refractivity (Wildman–Crippen MR) is 246 cm³/mol. The number of thioether (sulfide) groups is 2. The van der Waals surface area contributed by atoms with Gasteiger partial charge in [0.25, 0.3) is 0 Å². The van der Waals surface area contributed by atoms with E-state index in [-0.39, 0.29) is 50.0 Å². The fourth-order valence-corrected chi connectivity index (χ4v) is 11.3. The molecule has 8 unspecified atom stereocenters. The highest BCUT2D eigenvalue weighted by Crippen LogP contribution is 2.52. The lowest BCUT2D eigenvalue weighted by atomic mass is 9.95. The zero-order valence-corrected chi connectivity index (χ0v) is 38.2. The molecule has 14 heteroatoms. The number of carbonyl (C=O) groups excluding carboxylic acids is 5. The highest BCUT2D eigenvalue weighted by molar-refractivity contribution is 8.02. The minimum Gasteiger partial charge on any atom is -0.465 e. The Morgan fingerprint density at radius 1 is 0.738 bits per heavy atom. The molecular weight excluding hydrogens is 809 g/mol. The van der Waals surface area contributed by atoms with Crippen molar-refractivity contribution < 1.29 is 28.7 Å². The van der Waals surface area contributed by atoms with Crippen LogP contribution in [0.1, 0.15) is 127 Å². The molecule has 4 amide bonds. The van der Waals surface area contributed by atoms with Gasteiger partial charge in [-0.25, -0.2) is 0 Å². The Labute approximate surface area is 370 Å². The summed E-state index contributed by atoms with van der Waals surface area (Å²) in [5.74, 6) is -0.163. The summed E-state index contributed by atoms with van der Waals surface area (Å²) in [6.45, 7) is 14.6. The van der Waals surface area contributed by atoms with Gasteiger partial charge in [0.1, 0.15) is 47.0 Å². The summed E-state index contributed by atoms with van der Waals surface area (Å²) in [5, 5.41) is 5.54. The zero-order valence-electron chi connectivity index (χ0n) is 36.5. The number of aldehydes is 1. The molecular formula is C47H64N6O6S2. The van der Waals surface area contributed by atoms with Gasteiger partial charge in [0.15, 0.2) is 0 Å². The largest absolute Gasteiger partial charge is 0.465 e. The van der Waals surface area contributed by atoms with E-state index in [0.717, 1.165) is 12.7 Å². The second-order valence-electron chi connectivity index (χ2n) is 17.0. The standard InChI is InChI=1S/C28H41N3O3S.C19H23N3O3S/c1-5-7-8-9-10-11-12-13-19-34-21-17-15-20(16-18-21)23(29)25(32)30-24-26(33)31-22(14-6-2)28(3,4)35-27(24)31;1-4-5-13-19(2,3)26-18-15(17(25)22(13)18)21-16(24)14(20)12-8-6-11(10-23)7-9-12/h6,13-19,22-24,27H,5,7-12,29H2,1-4H3,(H,30,32);4-10,13-15,18H,20H2,1-3H3,(H,21,24)/b14-6?,19-13+;. The molecule has 0 aromatic heterocycles. The first-order chi connectivity index (χ1) is 29.1. The van der Waals surface area contributed by atoms with Gasteiger partial charge in [-0.1, -0.05) is 99.7 Å². The van der Waals surface area contributed by atoms with Gasteiger partial charge in [-0.2, -0.15) is 0 Å². The van der Waals surface area contributed by atoms with Crippen molar-refractivity contribution in [2.75, 3.05) is 0 Å². The number of unbranched alkanes of at least 4 members (excludes halogenated alkanes) is 6. The van der Waals surface area contributed by atoms with E-state index in [4.69, 9.17) is 16.2 Å². The lowest BCUT2D eigenvalue weighted by Gasteiger charge is -2.44. The number of rotatable bonds is 18. The van der Waals surface area contributed by atoms with E-state index in [1.807, 2.05) is 54.0 Å². The summed E-state index contributed by atoms with van der Waals surface area (Å²) < 4.78 is 5.45. The molecule has 4 fully saturated rings. The molecule has 61 heavy (non-hydrogen) atoms. The highest BCUT2D eigenvalue weighted by atomic mass is 32.2. The first-order valence-corrected chi connectivity index (χ1v) is 23.2. The van der Waals surface area contributed by atoms with Crippen LogP contribution in [0, 0.1) is 0 Å².